The molecule has 0 bridgehead atoms. The summed E-state index contributed by atoms with van der Waals surface area (Å²) < 4.78 is 16.4. The summed E-state index contributed by atoms with van der Waals surface area (Å²) in [6, 6.07) is 27.4. The SMILES string of the molecule is COc1ccc(COC[C@H](O)CN2CCN(C(c3ccccc3)c3ccccc3)CC2)cc1OC. The van der Waals surface area contributed by atoms with Crippen LogP contribution < -0.4 is 9.47 Å². The molecule has 1 aliphatic heterocycles. The Morgan fingerprint density at radius 1 is 0.771 bits per heavy atom. The van der Waals surface area contributed by atoms with E-state index in [1.807, 2.05) is 18.2 Å². The van der Waals surface area contributed by atoms with Crippen molar-refractivity contribution in [2.45, 2.75) is 18.8 Å². The van der Waals surface area contributed by atoms with Gasteiger partial charge in [0, 0.05) is 32.7 Å². The molecule has 0 amide bonds. The molecule has 0 spiro atoms. The molecule has 3 aromatic carbocycles. The molecular formula is C29H36N2O4. The standard InChI is InChI=1S/C29H36N2O4/c1-33-27-14-13-23(19-28(27)34-2)21-35-22-26(32)20-30-15-17-31(18-16-30)29(24-9-5-3-6-10-24)25-11-7-4-8-12-25/h3-14,19,26,29,32H,15-18,20-22H2,1-2H3/t26-/m1/s1. The van der Waals surface area contributed by atoms with E-state index >= 15 is 0 Å². The maximum atomic E-state index is 10.6. The van der Waals surface area contributed by atoms with Gasteiger partial charge in [-0.3, -0.25) is 9.80 Å². The van der Waals surface area contributed by atoms with E-state index in [2.05, 4.69) is 70.5 Å². The second kappa shape index (κ2) is 12.7. The predicted molar refractivity (Wildman–Crippen MR) is 138 cm³/mol. The van der Waals surface area contributed by atoms with Crippen LogP contribution in [0, 0.1) is 0 Å². The zero-order chi connectivity index (χ0) is 24.5. The Labute approximate surface area is 208 Å². The number of aliphatic hydroxyl groups is 1. The van der Waals surface area contributed by atoms with Gasteiger partial charge in [0.05, 0.1) is 39.6 Å². The number of β-amino-alcohol motifs (C(OH)–C–C–N with tert-alkyl or cyclic N) is 1. The zero-order valence-corrected chi connectivity index (χ0v) is 20.7. The van der Waals surface area contributed by atoms with Crippen LogP contribution in [-0.2, 0) is 11.3 Å². The minimum atomic E-state index is -0.527. The van der Waals surface area contributed by atoms with E-state index in [4.69, 9.17) is 14.2 Å². The lowest BCUT2D eigenvalue weighted by molar-refractivity contribution is -0.000743. The monoisotopic (exact) mass is 476 g/mol. The number of nitrogens with zero attached hydrogens (tertiary/aromatic N) is 2. The predicted octanol–water partition coefficient (Wildman–Crippen LogP) is 3.99. The molecule has 6 nitrogen and oxygen atoms in total. The van der Waals surface area contributed by atoms with Gasteiger partial charge in [0.1, 0.15) is 0 Å². The molecule has 186 valence electrons. The van der Waals surface area contributed by atoms with Crippen molar-refractivity contribution in [3.8, 4) is 11.5 Å². The molecule has 1 atom stereocenters. The van der Waals surface area contributed by atoms with Crippen molar-refractivity contribution in [2.24, 2.45) is 0 Å². The second-order valence-electron chi connectivity index (χ2n) is 8.92. The lowest BCUT2D eigenvalue weighted by atomic mass is 9.96. The van der Waals surface area contributed by atoms with Gasteiger partial charge in [0.15, 0.2) is 11.5 Å². The van der Waals surface area contributed by atoms with Gasteiger partial charge in [0.25, 0.3) is 0 Å². The van der Waals surface area contributed by atoms with Gasteiger partial charge in [-0.15, -0.1) is 0 Å². The third-order valence-corrected chi connectivity index (χ3v) is 6.50. The fraction of sp³-hybridized carbons (Fsp3) is 0.379. The first-order valence-electron chi connectivity index (χ1n) is 12.2. The molecule has 1 saturated heterocycles. The first kappa shape index (κ1) is 25.2. The van der Waals surface area contributed by atoms with E-state index in [1.165, 1.54) is 11.1 Å². The van der Waals surface area contributed by atoms with Crippen molar-refractivity contribution in [3.63, 3.8) is 0 Å². The van der Waals surface area contributed by atoms with Crippen LogP contribution in [0.25, 0.3) is 0 Å². The van der Waals surface area contributed by atoms with Gasteiger partial charge >= 0.3 is 0 Å². The van der Waals surface area contributed by atoms with Crippen LogP contribution in [0.3, 0.4) is 0 Å². The van der Waals surface area contributed by atoms with Crippen molar-refractivity contribution in [1.82, 2.24) is 9.80 Å². The third kappa shape index (κ3) is 6.83. The van der Waals surface area contributed by atoms with Crippen LogP contribution in [0.15, 0.2) is 78.9 Å². The average molecular weight is 477 g/mol. The minimum Gasteiger partial charge on any atom is -0.493 e. The van der Waals surface area contributed by atoms with E-state index < -0.39 is 6.10 Å². The first-order chi connectivity index (χ1) is 17.2. The van der Waals surface area contributed by atoms with E-state index in [9.17, 15) is 5.11 Å². The van der Waals surface area contributed by atoms with E-state index in [1.54, 1.807) is 14.2 Å². The highest BCUT2D eigenvalue weighted by Gasteiger charge is 2.27. The Balaban J connectivity index is 1.26. The summed E-state index contributed by atoms with van der Waals surface area (Å²) in [6.07, 6.45) is -0.527. The second-order valence-corrected chi connectivity index (χ2v) is 8.92. The Morgan fingerprint density at radius 2 is 1.37 bits per heavy atom. The van der Waals surface area contributed by atoms with Crippen molar-refractivity contribution in [2.75, 3.05) is 53.6 Å². The largest absolute Gasteiger partial charge is 0.493 e. The van der Waals surface area contributed by atoms with Crippen LogP contribution in [0.5, 0.6) is 11.5 Å². The summed E-state index contributed by atoms with van der Waals surface area (Å²) in [5.41, 5.74) is 3.61. The summed E-state index contributed by atoms with van der Waals surface area (Å²) in [5, 5.41) is 10.6. The summed E-state index contributed by atoms with van der Waals surface area (Å²) in [6.45, 7) is 5.07. The number of piperazine rings is 1. The molecule has 6 heteroatoms. The number of methoxy groups -OCH3 is 2. The summed E-state index contributed by atoms with van der Waals surface area (Å²) in [7, 11) is 3.24. The van der Waals surface area contributed by atoms with Crippen molar-refractivity contribution in [3.05, 3.63) is 95.6 Å². The first-order valence-corrected chi connectivity index (χ1v) is 12.2. The molecule has 35 heavy (non-hydrogen) atoms. The van der Waals surface area contributed by atoms with Gasteiger partial charge < -0.3 is 19.3 Å². The van der Waals surface area contributed by atoms with Gasteiger partial charge in [-0.2, -0.15) is 0 Å². The third-order valence-electron chi connectivity index (χ3n) is 6.50. The fourth-order valence-corrected chi connectivity index (χ4v) is 4.72. The highest BCUT2D eigenvalue weighted by atomic mass is 16.5. The van der Waals surface area contributed by atoms with Crippen molar-refractivity contribution < 1.29 is 19.3 Å². The molecule has 1 heterocycles. The van der Waals surface area contributed by atoms with Crippen LogP contribution in [0.2, 0.25) is 0 Å². The minimum absolute atomic E-state index is 0.245. The maximum absolute atomic E-state index is 10.6. The lowest BCUT2D eigenvalue weighted by Crippen LogP contribution is -2.50. The molecule has 0 saturated carbocycles. The molecule has 3 aromatic rings. The number of benzene rings is 3. The molecule has 1 N–H and O–H groups in total. The Morgan fingerprint density at radius 3 is 1.94 bits per heavy atom. The van der Waals surface area contributed by atoms with Crippen LogP contribution in [0.4, 0.5) is 0 Å². The average Bonchev–Trinajstić information content (AvgIpc) is 2.91. The number of hydrogen-bond acceptors (Lipinski definition) is 6. The molecule has 0 radical (unpaired) electrons. The highest BCUT2D eigenvalue weighted by Crippen LogP contribution is 2.30. The van der Waals surface area contributed by atoms with Crippen LogP contribution >= 0.6 is 0 Å². The van der Waals surface area contributed by atoms with Gasteiger partial charge in [-0.25, -0.2) is 0 Å². The number of hydrogen-bond donors (Lipinski definition) is 1. The normalized spacial score (nSPS) is 15.8. The number of aliphatic hydroxyl groups excluding tert-OH is 1. The highest BCUT2D eigenvalue weighted by molar-refractivity contribution is 5.42. The maximum Gasteiger partial charge on any atom is 0.161 e. The van der Waals surface area contributed by atoms with Crippen molar-refractivity contribution >= 4 is 0 Å². The van der Waals surface area contributed by atoms with Crippen LogP contribution in [0.1, 0.15) is 22.7 Å². The summed E-state index contributed by atoms with van der Waals surface area (Å²) in [5.74, 6) is 1.37. The van der Waals surface area contributed by atoms with E-state index in [0.29, 0.717) is 31.3 Å². The smallest absolute Gasteiger partial charge is 0.161 e. The lowest BCUT2D eigenvalue weighted by Gasteiger charge is -2.40. The van der Waals surface area contributed by atoms with E-state index in [0.717, 1.165) is 31.7 Å². The Hall–Kier alpha value is -2.90. The molecule has 1 aliphatic rings. The van der Waals surface area contributed by atoms with Gasteiger partial charge in [-0.1, -0.05) is 66.7 Å². The van der Waals surface area contributed by atoms with Crippen LogP contribution in [-0.4, -0.2) is 74.6 Å². The molecule has 0 unspecified atom stereocenters. The zero-order valence-electron chi connectivity index (χ0n) is 20.7. The molecule has 0 aromatic heterocycles. The fourth-order valence-electron chi connectivity index (χ4n) is 4.72. The molecular weight excluding hydrogens is 440 g/mol. The summed E-state index contributed by atoms with van der Waals surface area (Å²) >= 11 is 0. The van der Waals surface area contributed by atoms with Gasteiger partial charge in [-0.05, 0) is 28.8 Å². The summed E-state index contributed by atoms with van der Waals surface area (Å²) in [4.78, 5) is 4.87. The topological polar surface area (TPSA) is 54.4 Å². The Bertz CT molecular complexity index is 984. The quantitative estimate of drug-likeness (QED) is 0.452. The van der Waals surface area contributed by atoms with Crippen molar-refractivity contribution in [1.29, 1.82) is 0 Å². The molecule has 1 fully saturated rings. The van der Waals surface area contributed by atoms with Gasteiger partial charge in [0.2, 0.25) is 0 Å². The molecule has 0 aliphatic carbocycles. The Kier molecular flexibility index (Phi) is 9.15. The molecule has 4 rings (SSSR count). The van der Waals surface area contributed by atoms with E-state index in [-0.39, 0.29) is 6.04 Å². The number of rotatable bonds is 11. The number of ether oxygens (including phenoxy) is 3.